The number of aliphatic imine (C=N–C) groups is 1. The number of aryl methyl sites for hydroxylation is 2. The zero-order chi connectivity index (χ0) is 19.0. The summed E-state index contributed by atoms with van der Waals surface area (Å²) >= 11 is 0. The van der Waals surface area contributed by atoms with Crippen LogP contribution in [0.25, 0.3) is 0 Å². The second-order valence-corrected chi connectivity index (χ2v) is 8.18. The van der Waals surface area contributed by atoms with Crippen LogP contribution in [0.15, 0.2) is 87.1 Å². The first-order chi connectivity index (χ1) is 12.9. The van der Waals surface area contributed by atoms with Crippen LogP contribution in [0.5, 0.6) is 0 Å². The molecule has 0 saturated carbocycles. The highest BCUT2D eigenvalue weighted by molar-refractivity contribution is 7.90. The lowest BCUT2D eigenvalue weighted by Crippen LogP contribution is -2.15. The standard InChI is InChI=1S/C22H18N2O2S/c1-15-8-11-18(12-9-15)27(25,26)24-22-19-14-16(2)10-13-20(19)23-21(22)17-6-4-3-5-7-17/h3-14H,1-2H3/b24-22+. The fourth-order valence-corrected chi connectivity index (χ4v) is 4.02. The molecule has 0 fully saturated rings. The van der Waals surface area contributed by atoms with Gasteiger partial charge in [-0.1, -0.05) is 59.7 Å². The minimum atomic E-state index is -3.85. The highest BCUT2D eigenvalue weighted by Gasteiger charge is 2.27. The van der Waals surface area contributed by atoms with Gasteiger partial charge in [0.1, 0.15) is 5.71 Å². The Bertz CT molecular complexity index is 1180. The number of fused-ring (bicyclic) bond motifs is 1. The molecule has 0 unspecified atom stereocenters. The van der Waals surface area contributed by atoms with Crippen molar-refractivity contribution in [1.29, 1.82) is 0 Å². The minimum absolute atomic E-state index is 0.175. The quantitative estimate of drug-likeness (QED) is 0.672. The van der Waals surface area contributed by atoms with E-state index >= 15 is 0 Å². The molecular weight excluding hydrogens is 356 g/mol. The Morgan fingerprint density at radius 3 is 2.19 bits per heavy atom. The zero-order valence-electron chi connectivity index (χ0n) is 15.0. The van der Waals surface area contributed by atoms with Gasteiger partial charge in [0.25, 0.3) is 10.0 Å². The molecule has 0 bridgehead atoms. The molecule has 0 amide bonds. The molecule has 134 valence electrons. The maximum Gasteiger partial charge on any atom is 0.282 e. The normalized spacial score (nSPS) is 14.9. The van der Waals surface area contributed by atoms with Crippen molar-refractivity contribution < 1.29 is 8.42 Å². The molecule has 0 N–H and O–H groups in total. The van der Waals surface area contributed by atoms with E-state index in [1.54, 1.807) is 24.3 Å². The van der Waals surface area contributed by atoms with Gasteiger partial charge in [-0.3, -0.25) is 0 Å². The Labute approximate surface area is 159 Å². The Morgan fingerprint density at radius 2 is 1.48 bits per heavy atom. The summed E-state index contributed by atoms with van der Waals surface area (Å²) in [6.07, 6.45) is 0. The molecule has 0 saturated heterocycles. The number of hydrogen-bond donors (Lipinski definition) is 0. The monoisotopic (exact) mass is 374 g/mol. The van der Waals surface area contributed by atoms with Crippen LogP contribution in [-0.4, -0.2) is 19.8 Å². The predicted octanol–water partition coefficient (Wildman–Crippen LogP) is 4.62. The molecule has 5 heteroatoms. The smallest absolute Gasteiger partial charge is 0.245 e. The van der Waals surface area contributed by atoms with Gasteiger partial charge in [-0.05, 0) is 38.1 Å². The van der Waals surface area contributed by atoms with Crippen LogP contribution in [-0.2, 0) is 10.0 Å². The first kappa shape index (κ1) is 17.4. The lowest BCUT2D eigenvalue weighted by molar-refractivity contribution is 0.598. The first-order valence-electron chi connectivity index (χ1n) is 8.61. The van der Waals surface area contributed by atoms with Crippen LogP contribution in [0.1, 0.15) is 22.3 Å². The molecule has 0 aliphatic carbocycles. The summed E-state index contributed by atoms with van der Waals surface area (Å²) in [6, 6.07) is 22.0. The van der Waals surface area contributed by atoms with Crippen molar-refractivity contribution >= 4 is 27.1 Å². The van der Waals surface area contributed by atoms with Gasteiger partial charge >= 0.3 is 0 Å². The molecule has 1 aliphatic heterocycles. The maximum atomic E-state index is 12.9. The van der Waals surface area contributed by atoms with Gasteiger partial charge in [-0.15, -0.1) is 0 Å². The molecule has 4 rings (SSSR count). The summed E-state index contributed by atoms with van der Waals surface area (Å²) in [6.45, 7) is 3.88. The third-order valence-corrected chi connectivity index (χ3v) is 5.73. The Kier molecular flexibility index (Phi) is 4.24. The Hall–Kier alpha value is -3.05. The lowest BCUT2D eigenvalue weighted by atomic mass is 10.0. The van der Waals surface area contributed by atoms with Gasteiger partial charge in [0.2, 0.25) is 0 Å². The first-order valence-corrected chi connectivity index (χ1v) is 10.1. The van der Waals surface area contributed by atoms with E-state index in [1.165, 1.54) is 0 Å². The summed E-state index contributed by atoms with van der Waals surface area (Å²) in [5.74, 6) is 0. The van der Waals surface area contributed by atoms with E-state index < -0.39 is 10.0 Å². The molecule has 0 radical (unpaired) electrons. The molecule has 0 aromatic heterocycles. The number of benzene rings is 3. The van der Waals surface area contributed by atoms with Gasteiger partial charge in [0.05, 0.1) is 16.3 Å². The van der Waals surface area contributed by atoms with Crippen LogP contribution in [0.2, 0.25) is 0 Å². The van der Waals surface area contributed by atoms with Crippen LogP contribution >= 0.6 is 0 Å². The third kappa shape index (κ3) is 3.34. The molecule has 27 heavy (non-hydrogen) atoms. The number of nitrogens with zero attached hydrogens (tertiary/aromatic N) is 2. The number of rotatable bonds is 3. The Morgan fingerprint density at radius 1 is 0.815 bits per heavy atom. The van der Waals surface area contributed by atoms with Gasteiger partial charge in [0.15, 0.2) is 0 Å². The van der Waals surface area contributed by atoms with Gasteiger partial charge < -0.3 is 0 Å². The summed E-state index contributed by atoms with van der Waals surface area (Å²) in [4.78, 5) is 4.83. The summed E-state index contributed by atoms with van der Waals surface area (Å²) in [7, 11) is -3.85. The van der Waals surface area contributed by atoms with Gasteiger partial charge in [-0.2, -0.15) is 12.8 Å². The van der Waals surface area contributed by atoms with Crippen LogP contribution in [0.4, 0.5) is 5.69 Å². The molecule has 0 atom stereocenters. The second kappa shape index (κ2) is 6.59. The average molecular weight is 374 g/mol. The van der Waals surface area contributed by atoms with Crippen molar-refractivity contribution in [3.63, 3.8) is 0 Å². The maximum absolute atomic E-state index is 12.9. The van der Waals surface area contributed by atoms with Crippen molar-refractivity contribution in [2.45, 2.75) is 18.7 Å². The van der Waals surface area contributed by atoms with Gasteiger partial charge in [0, 0.05) is 11.1 Å². The van der Waals surface area contributed by atoms with Crippen molar-refractivity contribution in [2.75, 3.05) is 0 Å². The highest BCUT2D eigenvalue weighted by Crippen LogP contribution is 2.31. The molecule has 0 spiro atoms. The average Bonchev–Trinajstić information content (AvgIpc) is 3.00. The molecule has 1 aliphatic rings. The highest BCUT2D eigenvalue weighted by atomic mass is 32.2. The molecule has 4 nitrogen and oxygen atoms in total. The topological polar surface area (TPSA) is 58.9 Å². The minimum Gasteiger partial charge on any atom is -0.245 e. The second-order valence-electron chi connectivity index (χ2n) is 6.58. The van der Waals surface area contributed by atoms with Crippen molar-refractivity contribution in [1.82, 2.24) is 0 Å². The summed E-state index contributed by atoms with van der Waals surface area (Å²) in [5, 5.41) is 0. The van der Waals surface area contributed by atoms with E-state index in [0.717, 1.165) is 27.9 Å². The van der Waals surface area contributed by atoms with E-state index in [1.807, 2.05) is 62.4 Å². The van der Waals surface area contributed by atoms with Crippen LogP contribution in [0.3, 0.4) is 0 Å². The third-order valence-electron chi connectivity index (χ3n) is 4.44. The lowest BCUT2D eigenvalue weighted by Gasteiger charge is -2.06. The fourth-order valence-electron chi connectivity index (χ4n) is 3.01. The zero-order valence-corrected chi connectivity index (χ0v) is 15.9. The van der Waals surface area contributed by atoms with Gasteiger partial charge in [-0.25, -0.2) is 4.99 Å². The molecule has 3 aromatic rings. The predicted molar refractivity (Wildman–Crippen MR) is 109 cm³/mol. The largest absolute Gasteiger partial charge is 0.282 e. The van der Waals surface area contributed by atoms with Crippen molar-refractivity contribution in [3.05, 3.63) is 95.1 Å². The fraction of sp³-hybridized carbons (Fsp3) is 0.0909. The molecule has 3 aromatic carbocycles. The van der Waals surface area contributed by atoms with Crippen molar-refractivity contribution in [2.24, 2.45) is 9.39 Å². The molecular formula is C22H18N2O2S. The Balaban J connectivity index is 1.90. The van der Waals surface area contributed by atoms with E-state index in [4.69, 9.17) is 0 Å². The summed E-state index contributed by atoms with van der Waals surface area (Å²) < 4.78 is 30.1. The van der Waals surface area contributed by atoms with E-state index in [-0.39, 0.29) is 4.90 Å². The number of sulfonamides is 1. The van der Waals surface area contributed by atoms with Crippen molar-refractivity contribution in [3.8, 4) is 0 Å². The molecule has 1 heterocycles. The van der Waals surface area contributed by atoms with E-state index in [9.17, 15) is 8.42 Å². The van der Waals surface area contributed by atoms with Crippen LogP contribution in [0, 0.1) is 13.8 Å². The summed E-state index contributed by atoms with van der Waals surface area (Å²) in [5.41, 5.74) is 5.30. The SMILES string of the molecule is Cc1ccc(S(=O)(=O)/N=C2/C(c3ccccc3)=Nc3ccc(C)cc32)cc1. The number of hydrogen-bond acceptors (Lipinski definition) is 3. The van der Waals surface area contributed by atoms with E-state index in [0.29, 0.717) is 11.4 Å². The van der Waals surface area contributed by atoms with E-state index in [2.05, 4.69) is 9.39 Å². The van der Waals surface area contributed by atoms with Crippen LogP contribution < -0.4 is 0 Å².